The summed E-state index contributed by atoms with van der Waals surface area (Å²) in [5, 5.41) is 7.81. The standard InChI is InChI=1S/C17H31N5O.HI/c1-6-18-17(21(4)9-10-23-12-15-7-8-15)19-11-16-13(2)20-22(5)14(16)3;/h15H,6-12H2,1-5H3,(H,18,19);1H. The van der Waals surface area contributed by atoms with Gasteiger partial charge in [0.15, 0.2) is 5.96 Å². The van der Waals surface area contributed by atoms with Gasteiger partial charge in [0.1, 0.15) is 0 Å². The number of hydrogen-bond acceptors (Lipinski definition) is 3. The molecule has 0 saturated heterocycles. The molecule has 0 radical (unpaired) electrons. The molecule has 0 unspecified atom stereocenters. The second-order valence-corrected chi connectivity index (χ2v) is 6.38. The fraction of sp³-hybridized carbons (Fsp3) is 0.765. The van der Waals surface area contributed by atoms with Gasteiger partial charge in [-0.25, -0.2) is 4.99 Å². The van der Waals surface area contributed by atoms with Crippen LogP contribution >= 0.6 is 24.0 Å². The van der Waals surface area contributed by atoms with E-state index in [0.717, 1.165) is 43.9 Å². The number of aliphatic imine (C=N–C) groups is 1. The highest BCUT2D eigenvalue weighted by Crippen LogP contribution is 2.28. The van der Waals surface area contributed by atoms with Gasteiger partial charge in [-0.1, -0.05) is 0 Å². The summed E-state index contributed by atoms with van der Waals surface area (Å²) in [6.45, 7) is 10.3. The molecule has 2 rings (SSSR count). The molecule has 0 atom stereocenters. The number of nitrogens with one attached hydrogen (secondary N) is 1. The van der Waals surface area contributed by atoms with E-state index in [4.69, 9.17) is 9.73 Å². The Morgan fingerprint density at radius 2 is 2.12 bits per heavy atom. The molecule has 0 spiro atoms. The van der Waals surface area contributed by atoms with Gasteiger partial charge >= 0.3 is 0 Å². The van der Waals surface area contributed by atoms with Crippen molar-refractivity contribution in [1.29, 1.82) is 0 Å². The molecule has 0 aromatic carbocycles. The lowest BCUT2D eigenvalue weighted by Gasteiger charge is -2.22. The van der Waals surface area contributed by atoms with Gasteiger partial charge in [0.05, 0.1) is 18.8 Å². The Morgan fingerprint density at radius 3 is 2.67 bits per heavy atom. The van der Waals surface area contributed by atoms with Crippen LogP contribution in [0, 0.1) is 19.8 Å². The topological polar surface area (TPSA) is 54.7 Å². The summed E-state index contributed by atoms with van der Waals surface area (Å²) in [6.07, 6.45) is 2.67. The Kier molecular flexibility index (Phi) is 9.04. The van der Waals surface area contributed by atoms with E-state index in [-0.39, 0.29) is 24.0 Å². The number of rotatable bonds is 8. The highest BCUT2D eigenvalue weighted by atomic mass is 127. The largest absolute Gasteiger partial charge is 0.379 e. The molecular formula is C17H32IN5O. The Balaban J connectivity index is 0.00000288. The van der Waals surface area contributed by atoms with E-state index in [1.54, 1.807) is 0 Å². The molecule has 1 aromatic rings. The predicted molar refractivity (Wildman–Crippen MR) is 109 cm³/mol. The first-order valence-corrected chi connectivity index (χ1v) is 8.59. The molecule has 0 bridgehead atoms. The molecule has 1 aromatic heterocycles. The van der Waals surface area contributed by atoms with Crippen molar-refractivity contribution in [3.8, 4) is 0 Å². The minimum atomic E-state index is 0. The predicted octanol–water partition coefficient (Wildman–Crippen LogP) is 2.48. The van der Waals surface area contributed by atoms with Gasteiger partial charge in [-0.05, 0) is 39.5 Å². The van der Waals surface area contributed by atoms with E-state index in [2.05, 4.69) is 36.2 Å². The lowest BCUT2D eigenvalue weighted by molar-refractivity contribution is 0.115. The number of aryl methyl sites for hydroxylation is 2. The lowest BCUT2D eigenvalue weighted by atomic mass is 10.2. The van der Waals surface area contributed by atoms with Crippen LogP contribution < -0.4 is 5.32 Å². The Morgan fingerprint density at radius 1 is 1.42 bits per heavy atom. The summed E-state index contributed by atoms with van der Waals surface area (Å²) in [7, 11) is 4.04. The van der Waals surface area contributed by atoms with E-state index in [1.807, 2.05) is 18.7 Å². The zero-order valence-corrected chi connectivity index (χ0v) is 18.0. The van der Waals surface area contributed by atoms with Crippen LogP contribution in [0.2, 0.25) is 0 Å². The average Bonchev–Trinajstić information content (AvgIpc) is 3.30. The maximum Gasteiger partial charge on any atom is 0.194 e. The summed E-state index contributed by atoms with van der Waals surface area (Å²) in [5.74, 6) is 1.74. The van der Waals surface area contributed by atoms with Gasteiger partial charge in [0.2, 0.25) is 0 Å². The third kappa shape index (κ3) is 6.23. The summed E-state index contributed by atoms with van der Waals surface area (Å²) in [4.78, 5) is 6.90. The van der Waals surface area contributed by atoms with Gasteiger partial charge in [-0.3, -0.25) is 4.68 Å². The number of halogens is 1. The summed E-state index contributed by atoms with van der Waals surface area (Å²) in [5.41, 5.74) is 3.44. The first kappa shape index (κ1) is 21.2. The van der Waals surface area contributed by atoms with E-state index in [1.165, 1.54) is 24.1 Å². The van der Waals surface area contributed by atoms with Crippen LogP contribution in [0.25, 0.3) is 0 Å². The fourth-order valence-electron chi connectivity index (χ4n) is 2.51. The minimum Gasteiger partial charge on any atom is -0.379 e. The van der Waals surface area contributed by atoms with Crippen molar-refractivity contribution in [2.45, 2.75) is 40.2 Å². The van der Waals surface area contributed by atoms with Gasteiger partial charge in [-0.2, -0.15) is 5.10 Å². The van der Waals surface area contributed by atoms with Crippen molar-refractivity contribution < 1.29 is 4.74 Å². The molecule has 1 fully saturated rings. The SMILES string of the molecule is CCNC(=NCc1c(C)nn(C)c1C)N(C)CCOCC1CC1.I. The van der Waals surface area contributed by atoms with Crippen LogP contribution in [0.15, 0.2) is 4.99 Å². The molecule has 1 aliphatic rings. The number of ether oxygens (including phenoxy) is 1. The summed E-state index contributed by atoms with van der Waals surface area (Å²) < 4.78 is 7.64. The average molecular weight is 449 g/mol. The molecule has 1 N–H and O–H groups in total. The molecule has 0 amide bonds. The second kappa shape index (κ2) is 10.2. The highest BCUT2D eigenvalue weighted by molar-refractivity contribution is 14.0. The molecule has 1 aliphatic carbocycles. The first-order chi connectivity index (χ1) is 11.0. The molecule has 7 heteroatoms. The van der Waals surface area contributed by atoms with Crippen LogP contribution in [0.1, 0.15) is 36.7 Å². The molecule has 1 saturated carbocycles. The normalized spacial score (nSPS) is 14.5. The van der Waals surface area contributed by atoms with Crippen molar-refractivity contribution in [3.05, 3.63) is 17.0 Å². The van der Waals surface area contributed by atoms with E-state index in [9.17, 15) is 0 Å². The maximum atomic E-state index is 5.72. The number of likely N-dealkylation sites (N-methyl/N-ethyl adjacent to an activating group) is 1. The molecule has 1 heterocycles. The lowest BCUT2D eigenvalue weighted by Crippen LogP contribution is -2.40. The third-order valence-electron chi connectivity index (χ3n) is 4.36. The maximum absolute atomic E-state index is 5.72. The number of guanidine groups is 1. The summed E-state index contributed by atoms with van der Waals surface area (Å²) in [6, 6.07) is 0. The number of aromatic nitrogens is 2. The number of hydrogen-bond donors (Lipinski definition) is 1. The zero-order chi connectivity index (χ0) is 16.8. The van der Waals surface area contributed by atoms with Crippen molar-refractivity contribution in [1.82, 2.24) is 20.0 Å². The fourth-order valence-corrected chi connectivity index (χ4v) is 2.51. The van der Waals surface area contributed by atoms with Crippen LogP contribution in [0.3, 0.4) is 0 Å². The molecule has 0 aliphatic heterocycles. The van der Waals surface area contributed by atoms with E-state index in [0.29, 0.717) is 6.54 Å². The van der Waals surface area contributed by atoms with Gasteiger partial charge in [0.25, 0.3) is 0 Å². The zero-order valence-electron chi connectivity index (χ0n) is 15.6. The van der Waals surface area contributed by atoms with Gasteiger partial charge < -0.3 is 15.0 Å². The second-order valence-electron chi connectivity index (χ2n) is 6.38. The molecule has 6 nitrogen and oxygen atoms in total. The third-order valence-corrected chi connectivity index (χ3v) is 4.36. The molecule has 138 valence electrons. The quantitative estimate of drug-likeness (QED) is 0.287. The Bertz CT molecular complexity index is 539. The summed E-state index contributed by atoms with van der Waals surface area (Å²) >= 11 is 0. The van der Waals surface area contributed by atoms with Gasteiger partial charge in [-0.15, -0.1) is 24.0 Å². The van der Waals surface area contributed by atoms with Crippen molar-refractivity contribution >= 4 is 29.9 Å². The van der Waals surface area contributed by atoms with Crippen LogP contribution in [-0.4, -0.2) is 54.0 Å². The van der Waals surface area contributed by atoms with Crippen LogP contribution in [0.5, 0.6) is 0 Å². The molecular weight excluding hydrogens is 417 g/mol. The van der Waals surface area contributed by atoms with Crippen molar-refractivity contribution in [3.63, 3.8) is 0 Å². The van der Waals surface area contributed by atoms with Gasteiger partial charge in [0, 0.05) is 45.0 Å². The van der Waals surface area contributed by atoms with Crippen LogP contribution in [0.4, 0.5) is 0 Å². The van der Waals surface area contributed by atoms with Crippen LogP contribution in [-0.2, 0) is 18.3 Å². The highest BCUT2D eigenvalue weighted by Gasteiger charge is 2.21. The Labute approximate surface area is 163 Å². The smallest absolute Gasteiger partial charge is 0.194 e. The van der Waals surface area contributed by atoms with E-state index < -0.39 is 0 Å². The Hall–Kier alpha value is -0.830. The first-order valence-electron chi connectivity index (χ1n) is 8.59. The minimum absolute atomic E-state index is 0. The molecule has 24 heavy (non-hydrogen) atoms. The van der Waals surface area contributed by atoms with Crippen molar-refractivity contribution in [2.75, 3.05) is 33.4 Å². The van der Waals surface area contributed by atoms with Crippen molar-refractivity contribution in [2.24, 2.45) is 18.0 Å². The van der Waals surface area contributed by atoms with E-state index >= 15 is 0 Å². The number of nitrogens with zero attached hydrogens (tertiary/aromatic N) is 4. The monoisotopic (exact) mass is 449 g/mol.